The van der Waals surface area contributed by atoms with Crippen LogP contribution in [0.25, 0.3) is 0 Å². The Morgan fingerprint density at radius 3 is 1.15 bits per heavy atom. The van der Waals surface area contributed by atoms with Crippen molar-refractivity contribution in [2.24, 2.45) is 0 Å². The third-order valence-electron chi connectivity index (χ3n) is 13.8. The summed E-state index contributed by atoms with van der Waals surface area (Å²) in [7, 11) is 1.19. The van der Waals surface area contributed by atoms with Gasteiger partial charge in [0.05, 0.1) is 39.9 Å². The Morgan fingerprint density at radius 2 is 0.765 bits per heavy atom. The summed E-state index contributed by atoms with van der Waals surface area (Å²) in [6.07, 6.45) is 93.8. The molecular formula is C72H123N2O6P. The number of hydrogen-bond acceptors (Lipinski definition) is 6. The number of allylic oxidation sites excluding steroid dienone is 23. The highest BCUT2D eigenvalue weighted by Crippen LogP contribution is 2.38. The van der Waals surface area contributed by atoms with Gasteiger partial charge in [-0.1, -0.05) is 275 Å². The van der Waals surface area contributed by atoms with E-state index in [1.807, 2.05) is 27.2 Å². The number of carbonyl (C=O) groups excluding carboxylic acids is 1. The number of unbranched alkanes of at least 4 members (excludes halogenated alkanes) is 23. The molecule has 0 aliphatic heterocycles. The van der Waals surface area contributed by atoms with Crippen molar-refractivity contribution >= 4 is 13.7 Å². The van der Waals surface area contributed by atoms with Gasteiger partial charge in [-0.2, -0.15) is 0 Å². The largest absolute Gasteiger partial charge is 0.756 e. The summed E-state index contributed by atoms with van der Waals surface area (Å²) in [6, 6.07) is -0.941. The molecule has 1 amide bonds. The molecule has 0 fully saturated rings. The van der Waals surface area contributed by atoms with E-state index >= 15 is 0 Å². The number of hydrogen-bond donors (Lipinski definition) is 2. The van der Waals surface area contributed by atoms with Gasteiger partial charge in [-0.05, 0) is 116 Å². The van der Waals surface area contributed by atoms with E-state index in [-0.39, 0.29) is 18.9 Å². The van der Waals surface area contributed by atoms with Gasteiger partial charge in [0.2, 0.25) is 5.91 Å². The Hall–Kier alpha value is -3.62. The lowest BCUT2D eigenvalue weighted by Crippen LogP contribution is -2.45. The first-order valence-corrected chi connectivity index (χ1v) is 34.2. The molecule has 0 bridgehead atoms. The molecule has 3 atom stereocenters. The molecule has 0 aromatic carbocycles. The van der Waals surface area contributed by atoms with Gasteiger partial charge < -0.3 is 28.8 Å². The zero-order valence-electron chi connectivity index (χ0n) is 52.7. The van der Waals surface area contributed by atoms with Crippen molar-refractivity contribution in [3.05, 3.63) is 146 Å². The minimum absolute atomic E-state index is 0.0243. The third-order valence-corrected chi connectivity index (χ3v) is 14.7. The average molecular weight is 1140 g/mol. The number of rotatable bonds is 58. The van der Waals surface area contributed by atoms with Crippen LogP contribution in [-0.4, -0.2) is 68.5 Å². The van der Waals surface area contributed by atoms with Gasteiger partial charge >= 0.3 is 0 Å². The van der Waals surface area contributed by atoms with Gasteiger partial charge in [0.25, 0.3) is 7.82 Å². The molecule has 0 spiro atoms. The number of phosphoric acid groups is 1. The summed E-state index contributed by atoms with van der Waals surface area (Å²) in [5, 5.41) is 13.9. The Balaban J connectivity index is 4.33. The van der Waals surface area contributed by atoms with Crippen molar-refractivity contribution in [2.75, 3.05) is 40.9 Å². The molecule has 0 aliphatic rings. The normalized spacial score (nSPS) is 14.7. The first-order valence-electron chi connectivity index (χ1n) is 32.7. The lowest BCUT2D eigenvalue weighted by Gasteiger charge is -2.29. The smallest absolute Gasteiger partial charge is 0.268 e. The zero-order chi connectivity index (χ0) is 59.1. The Labute approximate surface area is 499 Å². The molecule has 0 radical (unpaired) electrons. The molecule has 0 aromatic heterocycles. The van der Waals surface area contributed by atoms with Crippen LogP contribution < -0.4 is 10.2 Å². The van der Waals surface area contributed by atoms with Crippen molar-refractivity contribution < 1.29 is 32.9 Å². The van der Waals surface area contributed by atoms with E-state index in [0.29, 0.717) is 23.9 Å². The van der Waals surface area contributed by atoms with E-state index < -0.39 is 26.6 Å². The van der Waals surface area contributed by atoms with E-state index in [2.05, 4.69) is 153 Å². The van der Waals surface area contributed by atoms with Crippen molar-refractivity contribution in [1.29, 1.82) is 0 Å². The van der Waals surface area contributed by atoms with Crippen molar-refractivity contribution in [3.8, 4) is 0 Å². The average Bonchev–Trinajstić information content (AvgIpc) is 3.43. The monoisotopic (exact) mass is 1140 g/mol. The number of nitrogens with zero attached hydrogens (tertiary/aromatic N) is 1. The van der Waals surface area contributed by atoms with Crippen LogP contribution in [0, 0.1) is 0 Å². The van der Waals surface area contributed by atoms with E-state index in [9.17, 15) is 19.4 Å². The van der Waals surface area contributed by atoms with E-state index in [4.69, 9.17) is 9.05 Å². The molecule has 0 saturated carbocycles. The second-order valence-corrected chi connectivity index (χ2v) is 24.1. The van der Waals surface area contributed by atoms with Crippen molar-refractivity contribution in [3.63, 3.8) is 0 Å². The first kappa shape index (κ1) is 77.4. The Kier molecular flexibility index (Phi) is 58.2. The molecule has 0 aromatic rings. The van der Waals surface area contributed by atoms with Crippen molar-refractivity contribution in [1.82, 2.24) is 5.32 Å². The van der Waals surface area contributed by atoms with E-state index in [1.165, 1.54) is 122 Å². The predicted molar refractivity (Wildman–Crippen MR) is 352 cm³/mol. The maximum atomic E-state index is 13.0. The van der Waals surface area contributed by atoms with Crippen LogP contribution in [0.5, 0.6) is 0 Å². The van der Waals surface area contributed by atoms with Crippen LogP contribution in [0.3, 0.4) is 0 Å². The highest BCUT2D eigenvalue weighted by atomic mass is 31.2. The fourth-order valence-electron chi connectivity index (χ4n) is 8.71. The summed E-state index contributed by atoms with van der Waals surface area (Å²) >= 11 is 0. The van der Waals surface area contributed by atoms with Crippen LogP contribution in [-0.2, 0) is 18.4 Å². The van der Waals surface area contributed by atoms with Crippen LogP contribution >= 0.6 is 7.82 Å². The van der Waals surface area contributed by atoms with Crippen molar-refractivity contribution in [2.45, 2.75) is 264 Å². The summed E-state index contributed by atoms with van der Waals surface area (Å²) in [5.41, 5.74) is 0. The molecule has 0 rings (SSSR count). The minimum atomic E-state index is -4.64. The van der Waals surface area contributed by atoms with Gasteiger partial charge in [-0.3, -0.25) is 9.36 Å². The maximum Gasteiger partial charge on any atom is 0.268 e. The summed E-state index contributed by atoms with van der Waals surface area (Å²) in [6.45, 7) is 4.48. The first-order chi connectivity index (χ1) is 39.5. The molecule has 8 nitrogen and oxygen atoms in total. The van der Waals surface area contributed by atoms with E-state index in [1.54, 1.807) is 6.08 Å². The molecule has 462 valence electrons. The van der Waals surface area contributed by atoms with Gasteiger partial charge in [-0.25, -0.2) is 0 Å². The molecule has 0 heterocycles. The topological polar surface area (TPSA) is 108 Å². The van der Waals surface area contributed by atoms with Gasteiger partial charge in [0, 0.05) is 6.42 Å². The quantitative estimate of drug-likeness (QED) is 0.0272. The predicted octanol–water partition coefficient (Wildman–Crippen LogP) is 20.2. The van der Waals surface area contributed by atoms with Gasteiger partial charge in [0.15, 0.2) is 0 Å². The number of nitrogens with one attached hydrogen (secondary N) is 1. The number of carbonyl (C=O) groups is 1. The number of amides is 1. The molecule has 0 aliphatic carbocycles. The zero-order valence-corrected chi connectivity index (χ0v) is 53.6. The fourth-order valence-corrected chi connectivity index (χ4v) is 9.43. The number of phosphoric ester groups is 1. The fraction of sp³-hybridized carbons (Fsp3) is 0.653. The van der Waals surface area contributed by atoms with E-state index in [0.717, 1.165) is 96.3 Å². The molecule has 0 saturated heterocycles. The maximum absolute atomic E-state index is 13.0. The second-order valence-electron chi connectivity index (χ2n) is 22.7. The third kappa shape index (κ3) is 63.8. The molecule has 81 heavy (non-hydrogen) atoms. The summed E-state index contributed by atoms with van der Waals surface area (Å²) in [5.74, 6) is -0.248. The van der Waals surface area contributed by atoms with Gasteiger partial charge in [0.1, 0.15) is 13.2 Å². The Morgan fingerprint density at radius 1 is 0.444 bits per heavy atom. The summed E-state index contributed by atoms with van der Waals surface area (Å²) in [4.78, 5) is 25.6. The number of likely N-dealkylation sites (N-methyl/N-ethyl adjacent to an activating group) is 1. The molecule has 2 N–H and O–H groups in total. The minimum Gasteiger partial charge on any atom is -0.756 e. The molecular weight excluding hydrogens is 1020 g/mol. The van der Waals surface area contributed by atoms with Gasteiger partial charge in [-0.15, -0.1) is 0 Å². The highest BCUT2D eigenvalue weighted by molar-refractivity contribution is 7.45. The number of aliphatic hydroxyl groups excluding tert-OH is 1. The van der Waals surface area contributed by atoms with Crippen LogP contribution in [0.4, 0.5) is 0 Å². The number of quaternary nitrogens is 1. The molecule has 3 unspecified atom stereocenters. The van der Waals surface area contributed by atoms with Crippen LogP contribution in [0.1, 0.15) is 251 Å². The SMILES string of the molecule is CC/C=C\C/C=C\C/C=C\C/C=C\C/C=C\C/C=C\C/C=C\C/C=C\C/C=C\CCCCCC(=O)NC(COP(=O)([O-])OCC[N+](C)(C)C)C(O)/C=C/CC/C=C/CC/C=C/CCCCCCCCCCCCCCCCCCCC. The second kappa shape index (κ2) is 61.0. The lowest BCUT2D eigenvalue weighted by atomic mass is 10.0. The Bertz CT molecular complexity index is 1830. The lowest BCUT2D eigenvalue weighted by molar-refractivity contribution is -0.870. The highest BCUT2D eigenvalue weighted by Gasteiger charge is 2.23. The standard InChI is InChI=1S/C72H123N2O6P/c1-6-8-10-12-14-16-18-20-22-24-26-28-30-32-34-36-37-38-40-42-44-46-48-50-52-54-56-58-60-62-64-66-72(76)73-70(69-80-81(77,78)79-68-67-74(3,4)5)71(75)65-63-61-59-57-55-53-51-49-47-45-43-41-39-35-33-31-29-27-25-23-21-19-17-15-13-11-9-7-2/h8,10,14,16,20,22,26,28,32,34,37-38,42,44,47-50,54-57,63,65,70-71,75H,6-7,9,11-13,15,17-19,21,23-25,27,29-31,33,35-36,39-41,43,45-46,51-53,58-62,64,66-69H2,1-5H3,(H-,73,76,77,78)/b10-8-,16-14-,22-20-,28-26-,34-32-,38-37-,44-42-,49-47+,50-48-,56-54-,57-55+,65-63+. The number of aliphatic hydroxyl groups is 1. The summed E-state index contributed by atoms with van der Waals surface area (Å²) < 4.78 is 23.4. The molecule has 9 heteroatoms. The van der Waals surface area contributed by atoms with Crippen LogP contribution in [0.2, 0.25) is 0 Å². The van der Waals surface area contributed by atoms with Crippen LogP contribution in [0.15, 0.2) is 146 Å².